The van der Waals surface area contributed by atoms with E-state index in [1.807, 2.05) is 55.5 Å². The van der Waals surface area contributed by atoms with Crippen molar-refractivity contribution in [3.63, 3.8) is 0 Å². The van der Waals surface area contributed by atoms with Crippen LogP contribution in [0.1, 0.15) is 6.92 Å². The summed E-state index contributed by atoms with van der Waals surface area (Å²) < 4.78 is 0. The summed E-state index contributed by atoms with van der Waals surface area (Å²) in [5.74, 6) is 0. The largest absolute Gasteiger partial charge is 0.192 e. The smallest absolute Gasteiger partial charge is 0.133 e. The van der Waals surface area contributed by atoms with Gasteiger partial charge in [0.15, 0.2) is 0 Å². The lowest BCUT2D eigenvalue weighted by molar-refractivity contribution is 1.44. The van der Waals surface area contributed by atoms with Crippen molar-refractivity contribution in [2.45, 2.75) is 6.92 Å². The number of nitrogens with zero attached hydrogens (tertiary/aromatic N) is 2. The van der Waals surface area contributed by atoms with E-state index in [9.17, 15) is 0 Å². The van der Waals surface area contributed by atoms with Gasteiger partial charge in [-0.1, -0.05) is 60.7 Å². The quantitative estimate of drug-likeness (QED) is 0.637. The van der Waals surface area contributed by atoms with Gasteiger partial charge in [0, 0.05) is 0 Å². The second kappa shape index (κ2) is 6.67. The van der Waals surface area contributed by atoms with E-state index >= 15 is 0 Å². The topological polar surface area (TPSA) is 47.6 Å². The molecule has 2 aromatic carbocycles. The highest BCUT2D eigenvalue weighted by molar-refractivity contribution is 7.76. The van der Waals surface area contributed by atoms with Crippen LogP contribution in [-0.4, -0.2) is 0 Å². The Balaban J connectivity index is 2.62. The summed E-state index contributed by atoms with van der Waals surface area (Å²) in [6, 6.07) is 24.1. The average Bonchev–Trinajstić information content (AvgIpc) is 2.51. The maximum absolute atomic E-state index is 9.12. The Bertz CT molecular complexity index is 636. The van der Waals surface area contributed by atoms with Crippen molar-refractivity contribution in [3.05, 3.63) is 71.6 Å². The van der Waals surface area contributed by atoms with Gasteiger partial charge in [0.25, 0.3) is 0 Å². The van der Waals surface area contributed by atoms with E-state index in [4.69, 9.17) is 10.5 Å². The standard InChI is InChI=1S/C17H13N2P/c1-14(15(12-18)13-19)20(16-8-4-2-5-9-16)17-10-6-3-7-11-17/h2-11H,1H3. The molecule has 3 heteroatoms. The molecule has 2 nitrogen and oxygen atoms in total. The van der Waals surface area contributed by atoms with Gasteiger partial charge in [0.2, 0.25) is 0 Å². The van der Waals surface area contributed by atoms with Gasteiger partial charge in [-0.25, -0.2) is 0 Å². The fourth-order valence-corrected chi connectivity index (χ4v) is 4.33. The molecule has 0 aliphatic heterocycles. The number of benzene rings is 2. The highest BCUT2D eigenvalue weighted by atomic mass is 31.1. The lowest BCUT2D eigenvalue weighted by atomic mass is 10.3. The first-order valence-electron chi connectivity index (χ1n) is 6.19. The zero-order valence-corrected chi connectivity index (χ0v) is 12.0. The number of hydrogen-bond acceptors (Lipinski definition) is 2. The number of rotatable bonds is 3. The second-order valence-corrected chi connectivity index (χ2v) is 6.56. The molecule has 0 saturated carbocycles. The Morgan fingerprint density at radius 2 is 1.20 bits per heavy atom. The van der Waals surface area contributed by atoms with E-state index in [0.717, 1.165) is 15.9 Å². The highest BCUT2D eigenvalue weighted by Gasteiger charge is 2.18. The van der Waals surface area contributed by atoms with Gasteiger partial charge in [0.1, 0.15) is 17.7 Å². The van der Waals surface area contributed by atoms with Crippen LogP contribution in [0.2, 0.25) is 0 Å². The van der Waals surface area contributed by atoms with E-state index in [1.165, 1.54) is 0 Å². The van der Waals surface area contributed by atoms with Crippen LogP contribution >= 0.6 is 7.92 Å². The molecule has 0 radical (unpaired) electrons. The lowest BCUT2D eigenvalue weighted by Crippen LogP contribution is -2.12. The summed E-state index contributed by atoms with van der Waals surface area (Å²) in [6.45, 7) is 1.88. The third-order valence-electron chi connectivity index (χ3n) is 2.95. The van der Waals surface area contributed by atoms with Gasteiger partial charge in [-0.3, -0.25) is 0 Å². The second-order valence-electron chi connectivity index (χ2n) is 4.19. The predicted octanol–water partition coefficient (Wildman–Crippen LogP) is 3.44. The minimum absolute atomic E-state index is 0.212. The van der Waals surface area contributed by atoms with Crippen molar-refractivity contribution in [3.8, 4) is 12.1 Å². The van der Waals surface area contributed by atoms with Crippen molar-refractivity contribution < 1.29 is 0 Å². The SMILES string of the molecule is CC(=C(C#N)C#N)P(c1ccccc1)c1ccccc1. The molecule has 0 saturated heterocycles. The fourth-order valence-electron chi connectivity index (χ4n) is 1.99. The number of hydrogen-bond donors (Lipinski definition) is 0. The molecule has 0 N–H and O–H groups in total. The minimum Gasteiger partial charge on any atom is -0.192 e. The van der Waals surface area contributed by atoms with E-state index in [2.05, 4.69) is 24.3 Å². The zero-order chi connectivity index (χ0) is 14.4. The predicted molar refractivity (Wildman–Crippen MR) is 83.0 cm³/mol. The first-order valence-corrected chi connectivity index (χ1v) is 7.53. The lowest BCUT2D eigenvalue weighted by Gasteiger charge is -2.19. The Kier molecular flexibility index (Phi) is 4.67. The van der Waals surface area contributed by atoms with Gasteiger partial charge in [-0.2, -0.15) is 10.5 Å². The highest BCUT2D eigenvalue weighted by Crippen LogP contribution is 2.43. The van der Waals surface area contributed by atoms with Crippen LogP contribution in [0.5, 0.6) is 0 Å². The van der Waals surface area contributed by atoms with Crippen LogP contribution in [0, 0.1) is 22.7 Å². The molecule has 0 spiro atoms. The Labute approximate surface area is 120 Å². The summed E-state index contributed by atoms with van der Waals surface area (Å²) in [5, 5.41) is 21.4. The average molecular weight is 276 g/mol. The van der Waals surface area contributed by atoms with Crippen molar-refractivity contribution in [2.24, 2.45) is 0 Å². The van der Waals surface area contributed by atoms with Crippen LogP contribution in [0.3, 0.4) is 0 Å². The van der Waals surface area contributed by atoms with Gasteiger partial charge < -0.3 is 0 Å². The molecular weight excluding hydrogens is 263 g/mol. The molecule has 0 aromatic heterocycles. The third-order valence-corrected chi connectivity index (χ3v) is 5.47. The van der Waals surface area contributed by atoms with Crippen molar-refractivity contribution >= 4 is 18.5 Å². The van der Waals surface area contributed by atoms with E-state index in [1.54, 1.807) is 0 Å². The summed E-state index contributed by atoms with van der Waals surface area (Å²) in [7, 11) is -0.828. The van der Waals surface area contributed by atoms with Crippen molar-refractivity contribution in [1.29, 1.82) is 10.5 Å². The first kappa shape index (κ1) is 14.0. The van der Waals surface area contributed by atoms with E-state index in [-0.39, 0.29) is 5.57 Å². The maximum Gasteiger partial charge on any atom is 0.133 e. The fraction of sp³-hybridized carbons (Fsp3) is 0.0588. The minimum atomic E-state index is -0.828. The summed E-state index contributed by atoms with van der Waals surface area (Å²) in [6.07, 6.45) is 0. The molecule has 0 unspecified atom stereocenters. The Hall–Kier alpha value is -2.41. The van der Waals surface area contributed by atoms with Crippen LogP contribution in [0.4, 0.5) is 0 Å². The summed E-state index contributed by atoms with van der Waals surface area (Å²) >= 11 is 0. The Morgan fingerprint density at radius 1 is 0.800 bits per heavy atom. The van der Waals surface area contributed by atoms with Crippen LogP contribution in [0.25, 0.3) is 0 Å². The molecule has 0 aliphatic carbocycles. The third kappa shape index (κ3) is 2.94. The molecule has 0 fully saturated rings. The molecule has 0 amide bonds. The van der Waals surface area contributed by atoms with E-state index < -0.39 is 7.92 Å². The molecule has 0 bridgehead atoms. The van der Waals surface area contributed by atoms with Crippen molar-refractivity contribution in [1.82, 2.24) is 0 Å². The van der Waals surface area contributed by atoms with Gasteiger partial charge >= 0.3 is 0 Å². The normalized spacial score (nSPS) is 9.60. The van der Waals surface area contributed by atoms with Gasteiger partial charge in [-0.15, -0.1) is 0 Å². The van der Waals surface area contributed by atoms with Gasteiger partial charge in [-0.05, 0) is 30.8 Å². The van der Waals surface area contributed by atoms with Crippen LogP contribution in [0.15, 0.2) is 71.6 Å². The molecule has 2 rings (SSSR count). The summed E-state index contributed by atoms with van der Waals surface area (Å²) in [4.78, 5) is 0. The Morgan fingerprint density at radius 3 is 1.55 bits per heavy atom. The molecule has 0 atom stereocenters. The maximum atomic E-state index is 9.12. The van der Waals surface area contributed by atoms with Crippen LogP contribution < -0.4 is 10.6 Å². The summed E-state index contributed by atoms with van der Waals surface area (Å²) in [5.41, 5.74) is 0.212. The molecule has 0 heterocycles. The zero-order valence-electron chi connectivity index (χ0n) is 11.1. The van der Waals surface area contributed by atoms with E-state index in [0.29, 0.717) is 0 Å². The van der Waals surface area contributed by atoms with Crippen LogP contribution in [-0.2, 0) is 0 Å². The first-order chi connectivity index (χ1) is 9.77. The monoisotopic (exact) mass is 276 g/mol. The molecule has 96 valence electrons. The molecule has 20 heavy (non-hydrogen) atoms. The molecular formula is C17H13N2P. The number of allylic oxidation sites excluding steroid dienone is 2. The number of nitriles is 2. The molecule has 2 aromatic rings. The molecule has 0 aliphatic rings. The van der Waals surface area contributed by atoms with Gasteiger partial charge in [0.05, 0.1) is 0 Å². The van der Waals surface area contributed by atoms with Crippen molar-refractivity contribution in [2.75, 3.05) is 0 Å².